The average molecular weight is 372 g/mol. The maximum absolute atomic E-state index is 12.9. The first-order chi connectivity index (χ1) is 13.1. The molecule has 2 heterocycles. The van der Waals surface area contributed by atoms with E-state index in [-0.39, 0.29) is 5.91 Å². The van der Waals surface area contributed by atoms with Gasteiger partial charge in [-0.2, -0.15) is 0 Å². The van der Waals surface area contributed by atoms with Gasteiger partial charge in [0.1, 0.15) is 0 Å². The lowest BCUT2D eigenvalue weighted by Crippen LogP contribution is -2.22. The van der Waals surface area contributed by atoms with E-state index in [4.69, 9.17) is 4.98 Å². The molecule has 0 atom stereocenters. The van der Waals surface area contributed by atoms with Crippen LogP contribution in [-0.4, -0.2) is 10.9 Å². The van der Waals surface area contributed by atoms with Crippen molar-refractivity contribution in [2.45, 2.75) is 20.4 Å². The molecule has 2 aromatic carbocycles. The van der Waals surface area contributed by atoms with Gasteiger partial charge in [0.2, 0.25) is 0 Å². The van der Waals surface area contributed by atoms with Crippen LogP contribution in [0.25, 0.3) is 22.2 Å². The van der Waals surface area contributed by atoms with Gasteiger partial charge in [-0.05, 0) is 43.0 Å². The van der Waals surface area contributed by atoms with E-state index in [1.54, 1.807) is 11.3 Å². The van der Waals surface area contributed by atoms with E-state index in [0.717, 1.165) is 32.6 Å². The zero-order valence-corrected chi connectivity index (χ0v) is 16.1. The Bertz CT molecular complexity index is 1120. The van der Waals surface area contributed by atoms with Crippen LogP contribution < -0.4 is 5.32 Å². The van der Waals surface area contributed by atoms with E-state index in [1.807, 2.05) is 47.8 Å². The van der Waals surface area contributed by atoms with E-state index >= 15 is 0 Å². The van der Waals surface area contributed by atoms with Crippen LogP contribution in [0.4, 0.5) is 0 Å². The highest BCUT2D eigenvalue weighted by Crippen LogP contribution is 2.27. The van der Waals surface area contributed by atoms with Gasteiger partial charge < -0.3 is 5.32 Å². The van der Waals surface area contributed by atoms with Crippen LogP contribution in [0.2, 0.25) is 0 Å². The predicted molar refractivity (Wildman–Crippen MR) is 112 cm³/mol. The number of hydrogen-bond donors (Lipinski definition) is 1. The fraction of sp³-hybridized carbons (Fsp3) is 0.130. The number of carbonyl (C=O) groups is 1. The Morgan fingerprint density at radius 2 is 1.89 bits per heavy atom. The van der Waals surface area contributed by atoms with Crippen molar-refractivity contribution in [1.29, 1.82) is 0 Å². The lowest BCUT2D eigenvalue weighted by molar-refractivity contribution is 0.0953. The van der Waals surface area contributed by atoms with E-state index < -0.39 is 0 Å². The lowest BCUT2D eigenvalue weighted by atomic mass is 9.99. The Labute approximate surface area is 162 Å². The number of aromatic nitrogens is 1. The Morgan fingerprint density at radius 3 is 2.67 bits per heavy atom. The second-order valence-electron chi connectivity index (χ2n) is 6.65. The molecule has 0 saturated heterocycles. The summed E-state index contributed by atoms with van der Waals surface area (Å²) in [4.78, 5) is 18.9. The molecule has 3 nitrogen and oxygen atoms in total. The van der Waals surface area contributed by atoms with E-state index in [2.05, 4.69) is 37.4 Å². The minimum atomic E-state index is -0.0759. The SMILES string of the molecule is Cc1ccc(-c2cc(C(=O)NCc3cccs3)c3ccccc3n2)c(C)c1. The van der Waals surface area contributed by atoms with E-state index in [0.29, 0.717) is 12.1 Å². The highest BCUT2D eigenvalue weighted by atomic mass is 32.1. The van der Waals surface area contributed by atoms with Gasteiger partial charge in [0.05, 0.1) is 23.3 Å². The van der Waals surface area contributed by atoms with Crippen LogP contribution in [0.1, 0.15) is 26.4 Å². The quantitative estimate of drug-likeness (QED) is 0.513. The number of rotatable bonds is 4. The van der Waals surface area contributed by atoms with Crippen molar-refractivity contribution in [2.75, 3.05) is 0 Å². The average Bonchev–Trinajstić information content (AvgIpc) is 3.19. The molecular formula is C23H20N2OS. The van der Waals surface area contributed by atoms with Gasteiger partial charge in [0, 0.05) is 15.8 Å². The Hall–Kier alpha value is -2.98. The van der Waals surface area contributed by atoms with Gasteiger partial charge in [0.15, 0.2) is 0 Å². The van der Waals surface area contributed by atoms with Crippen molar-refractivity contribution >= 4 is 28.1 Å². The maximum Gasteiger partial charge on any atom is 0.252 e. The molecular weight excluding hydrogens is 352 g/mol. The number of thiophene rings is 1. The number of benzene rings is 2. The smallest absolute Gasteiger partial charge is 0.252 e. The summed E-state index contributed by atoms with van der Waals surface area (Å²) in [5.74, 6) is -0.0759. The monoisotopic (exact) mass is 372 g/mol. The van der Waals surface area contributed by atoms with Crippen LogP contribution in [0.3, 0.4) is 0 Å². The highest BCUT2D eigenvalue weighted by molar-refractivity contribution is 7.09. The summed E-state index contributed by atoms with van der Waals surface area (Å²) in [5.41, 5.74) is 5.74. The second kappa shape index (κ2) is 7.33. The first-order valence-corrected chi connectivity index (χ1v) is 9.78. The van der Waals surface area contributed by atoms with Crippen molar-refractivity contribution in [2.24, 2.45) is 0 Å². The van der Waals surface area contributed by atoms with Crippen LogP contribution in [-0.2, 0) is 6.54 Å². The molecule has 134 valence electrons. The van der Waals surface area contributed by atoms with Crippen LogP contribution in [0.5, 0.6) is 0 Å². The third kappa shape index (κ3) is 3.62. The van der Waals surface area contributed by atoms with Crippen molar-refractivity contribution in [3.8, 4) is 11.3 Å². The van der Waals surface area contributed by atoms with Crippen LogP contribution in [0.15, 0.2) is 66.0 Å². The molecule has 0 unspecified atom stereocenters. The summed E-state index contributed by atoms with van der Waals surface area (Å²) in [6.07, 6.45) is 0. The molecule has 0 saturated carbocycles. The third-order valence-corrected chi connectivity index (χ3v) is 5.50. The number of fused-ring (bicyclic) bond motifs is 1. The summed E-state index contributed by atoms with van der Waals surface area (Å²) in [7, 11) is 0. The molecule has 0 aliphatic carbocycles. The molecule has 0 bridgehead atoms. The largest absolute Gasteiger partial charge is 0.347 e. The van der Waals surface area contributed by atoms with Gasteiger partial charge in [-0.1, -0.05) is 48.0 Å². The zero-order chi connectivity index (χ0) is 18.8. The van der Waals surface area contributed by atoms with Gasteiger partial charge >= 0.3 is 0 Å². The number of aryl methyl sites for hydroxylation is 2. The third-order valence-electron chi connectivity index (χ3n) is 4.62. The van der Waals surface area contributed by atoms with E-state index in [9.17, 15) is 4.79 Å². The molecule has 1 N–H and O–H groups in total. The molecule has 2 aromatic heterocycles. The van der Waals surface area contributed by atoms with Gasteiger partial charge in [-0.15, -0.1) is 11.3 Å². The molecule has 0 aliphatic heterocycles. The summed E-state index contributed by atoms with van der Waals surface area (Å²) in [6.45, 7) is 4.69. The Balaban J connectivity index is 1.77. The van der Waals surface area contributed by atoms with Crippen LogP contribution in [0, 0.1) is 13.8 Å². The standard InChI is InChI=1S/C23H20N2OS/c1-15-9-10-18(16(2)12-15)22-13-20(19-7-3-4-8-21(19)25-22)23(26)24-14-17-6-5-11-27-17/h3-13H,14H2,1-2H3,(H,24,26). The zero-order valence-electron chi connectivity index (χ0n) is 15.3. The molecule has 0 spiro atoms. The number of amides is 1. The van der Waals surface area contributed by atoms with E-state index in [1.165, 1.54) is 5.56 Å². The summed E-state index contributed by atoms with van der Waals surface area (Å²) in [5, 5.41) is 5.93. The van der Waals surface area contributed by atoms with Crippen molar-refractivity contribution in [1.82, 2.24) is 10.3 Å². The molecule has 1 amide bonds. The minimum absolute atomic E-state index is 0.0759. The summed E-state index contributed by atoms with van der Waals surface area (Å²) < 4.78 is 0. The normalized spacial score (nSPS) is 10.9. The topological polar surface area (TPSA) is 42.0 Å². The Morgan fingerprint density at radius 1 is 1.04 bits per heavy atom. The van der Waals surface area contributed by atoms with Crippen molar-refractivity contribution in [3.63, 3.8) is 0 Å². The molecule has 27 heavy (non-hydrogen) atoms. The molecule has 0 radical (unpaired) electrons. The number of carbonyl (C=O) groups excluding carboxylic acids is 1. The minimum Gasteiger partial charge on any atom is -0.347 e. The molecule has 4 aromatic rings. The highest BCUT2D eigenvalue weighted by Gasteiger charge is 2.15. The fourth-order valence-electron chi connectivity index (χ4n) is 3.28. The van der Waals surface area contributed by atoms with Crippen molar-refractivity contribution < 1.29 is 4.79 Å². The number of nitrogens with one attached hydrogen (secondary N) is 1. The van der Waals surface area contributed by atoms with Gasteiger partial charge in [0.25, 0.3) is 5.91 Å². The number of hydrogen-bond acceptors (Lipinski definition) is 3. The first kappa shape index (κ1) is 17.4. The fourth-order valence-corrected chi connectivity index (χ4v) is 3.92. The van der Waals surface area contributed by atoms with Crippen LogP contribution >= 0.6 is 11.3 Å². The number of para-hydroxylation sites is 1. The van der Waals surface area contributed by atoms with Gasteiger partial charge in [-0.3, -0.25) is 4.79 Å². The second-order valence-corrected chi connectivity index (χ2v) is 7.68. The predicted octanol–water partition coefficient (Wildman–Crippen LogP) is 5.51. The molecule has 4 heteroatoms. The lowest BCUT2D eigenvalue weighted by Gasteiger charge is -2.12. The first-order valence-electron chi connectivity index (χ1n) is 8.90. The summed E-state index contributed by atoms with van der Waals surface area (Å²) in [6, 6.07) is 20.0. The molecule has 0 fully saturated rings. The molecule has 4 rings (SSSR count). The summed E-state index contributed by atoms with van der Waals surface area (Å²) >= 11 is 1.64. The molecule has 0 aliphatic rings. The maximum atomic E-state index is 12.9. The number of nitrogens with zero attached hydrogens (tertiary/aromatic N) is 1. The van der Waals surface area contributed by atoms with Gasteiger partial charge in [-0.25, -0.2) is 4.98 Å². The Kier molecular flexibility index (Phi) is 4.73. The van der Waals surface area contributed by atoms with Crippen molar-refractivity contribution in [3.05, 3.63) is 87.6 Å². The number of pyridine rings is 1.